The molecule has 0 radical (unpaired) electrons. The summed E-state index contributed by atoms with van der Waals surface area (Å²) >= 11 is 1.42. The number of nitrogens with one attached hydrogen (secondary N) is 1. The SMILES string of the molecule is COC(=O)C1=C(C)N=C2SC=C(CC(=O)NCc3cccnc3)N2C1c1ccccc1OC. The Morgan fingerprint density at radius 3 is 2.73 bits per heavy atom. The molecule has 170 valence electrons. The van der Waals surface area contributed by atoms with E-state index in [2.05, 4.69) is 15.3 Å². The van der Waals surface area contributed by atoms with Crippen LogP contribution in [0.1, 0.15) is 30.5 Å². The Kier molecular flexibility index (Phi) is 6.79. The van der Waals surface area contributed by atoms with Gasteiger partial charge in [-0.05, 0) is 30.0 Å². The molecule has 1 aromatic heterocycles. The van der Waals surface area contributed by atoms with E-state index in [0.29, 0.717) is 28.7 Å². The summed E-state index contributed by atoms with van der Waals surface area (Å²) in [5.41, 5.74) is 3.44. The van der Waals surface area contributed by atoms with Crippen LogP contribution >= 0.6 is 11.8 Å². The maximum absolute atomic E-state index is 12.8. The van der Waals surface area contributed by atoms with Crippen molar-refractivity contribution in [3.8, 4) is 5.75 Å². The minimum atomic E-state index is -0.534. The zero-order valence-corrected chi connectivity index (χ0v) is 19.4. The number of ether oxygens (including phenoxy) is 2. The van der Waals surface area contributed by atoms with Gasteiger partial charge in [-0.3, -0.25) is 9.78 Å². The van der Waals surface area contributed by atoms with Gasteiger partial charge in [-0.15, -0.1) is 0 Å². The largest absolute Gasteiger partial charge is 0.496 e. The molecule has 1 amide bonds. The predicted octanol–water partition coefficient (Wildman–Crippen LogP) is 3.54. The van der Waals surface area contributed by atoms with Crippen LogP contribution in [0.3, 0.4) is 0 Å². The molecular weight excluding hydrogens is 440 g/mol. The van der Waals surface area contributed by atoms with E-state index in [1.54, 1.807) is 26.4 Å². The molecule has 0 bridgehead atoms. The van der Waals surface area contributed by atoms with Crippen LogP contribution < -0.4 is 10.1 Å². The fourth-order valence-electron chi connectivity index (χ4n) is 3.86. The van der Waals surface area contributed by atoms with Crippen molar-refractivity contribution in [1.82, 2.24) is 15.2 Å². The third kappa shape index (κ3) is 4.63. The van der Waals surface area contributed by atoms with Crippen LogP contribution in [0.15, 0.2) is 76.2 Å². The number of methoxy groups -OCH3 is 2. The minimum Gasteiger partial charge on any atom is -0.496 e. The monoisotopic (exact) mass is 464 g/mol. The van der Waals surface area contributed by atoms with Gasteiger partial charge < -0.3 is 19.7 Å². The number of aromatic nitrogens is 1. The lowest BCUT2D eigenvalue weighted by molar-refractivity contribution is -0.136. The van der Waals surface area contributed by atoms with Gasteiger partial charge in [0.05, 0.1) is 38.0 Å². The zero-order chi connectivity index (χ0) is 23.4. The number of esters is 1. The predicted molar refractivity (Wildman–Crippen MR) is 126 cm³/mol. The number of hydrogen-bond donors (Lipinski definition) is 1. The molecule has 1 aromatic carbocycles. The Bertz CT molecular complexity index is 1160. The molecule has 1 atom stereocenters. The maximum atomic E-state index is 12.8. The number of amides is 1. The average molecular weight is 465 g/mol. The first-order valence-electron chi connectivity index (χ1n) is 10.3. The number of carbonyl (C=O) groups is 2. The van der Waals surface area contributed by atoms with Gasteiger partial charge >= 0.3 is 5.97 Å². The van der Waals surface area contributed by atoms with Gasteiger partial charge in [0.15, 0.2) is 5.17 Å². The number of hydrogen-bond acceptors (Lipinski definition) is 8. The molecule has 33 heavy (non-hydrogen) atoms. The highest BCUT2D eigenvalue weighted by Crippen LogP contribution is 2.46. The van der Waals surface area contributed by atoms with Crippen molar-refractivity contribution in [2.75, 3.05) is 14.2 Å². The van der Waals surface area contributed by atoms with Gasteiger partial charge in [0, 0.05) is 30.2 Å². The van der Waals surface area contributed by atoms with E-state index < -0.39 is 12.0 Å². The molecule has 0 saturated carbocycles. The summed E-state index contributed by atoms with van der Waals surface area (Å²) in [5.74, 6) is 0.0235. The molecule has 9 heteroatoms. The van der Waals surface area contributed by atoms with E-state index in [1.165, 1.54) is 18.9 Å². The van der Waals surface area contributed by atoms with Gasteiger partial charge in [-0.2, -0.15) is 0 Å². The highest BCUT2D eigenvalue weighted by Gasteiger charge is 2.42. The second-order valence-corrected chi connectivity index (χ2v) is 8.28. The highest BCUT2D eigenvalue weighted by molar-refractivity contribution is 8.16. The molecule has 0 aliphatic carbocycles. The van der Waals surface area contributed by atoms with Gasteiger partial charge in [0.1, 0.15) is 5.75 Å². The number of benzene rings is 1. The molecule has 0 saturated heterocycles. The molecule has 2 aliphatic rings. The molecule has 8 nitrogen and oxygen atoms in total. The number of amidine groups is 1. The molecule has 4 rings (SSSR count). The summed E-state index contributed by atoms with van der Waals surface area (Å²) in [6.45, 7) is 2.18. The molecule has 0 fully saturated rings. The third-order valence-electron chi connectivity index (χ3n) is 5.39. The van der Waals surface area contributed by atoms with Crippen molar-refractivity contribution in [2.24, 2.45) is 4.99 Å². The van der Waals surface area contributed by atoms with Crippen molar-refractivity contribution in [1.29, 1.82) is 0 Å². The molecule has 1 N–H and O–H groups in total. The number of pyridine rings is 1. The van der Waals surface area contributed by atoms with E-state index in [4.69, 9.17) is 9.47 Å². The van der Waals surface area contributed by atoms with E-state index in [-0.39, 0.29) is 12.3 Å². The Labute approximate surface area is 196 Å². The van der Waals surface area contributed by atoms with Crippen molar-refractivity contribution in [3.05, 3.63) is 82.3 Å². The summed E-state index contributed by atoms with van der Waals surface area (Å²) in [6.07, 6.45) is 3.54. The van der Waals surface area contributed by atoms with Crippen molar-refractivity contribution >= 4 is 28.8 Å². The van der Waals surface area contributed by atoms with E-state index in [9.17, 15) is 9.59 Å². The summed E-state index contributed by atoms with van der Waals surface area (Å²) in [5, 5.41) is 5.53. The van der Waals surface area contributed by atoms with Crippen LogP contribution in [-0.4, -0.2) is 41.1 Å². The summed E-state index contributed by atoms with van der Waals surface area (Å²) < 4.78 is 10.7. The number of nitrogens with zero attached hydrogens (tertiary/aromatic N) is 3. The first-order valence-corrected chi connectivity index (χ1v) is 11.2. The van der Waals surface area contributed by atoms with Gasteiger partial charge in [0.25, 0.3) is 0 Å². The van der Waals surface area contributed by atoms with Gasteiger partial charge in [-0.25, -0.2) is 9.79 Å². The maximum Gasteiger partial charge on any atom is 0.338 e. The number of carbonyl (C=O) groups excluding carboxylic acids is 2. The topological polar surface area (TPSA) is 93.1 Å². The summed E-state index contributed by atoms with van der Waals surface area (Å²) in [7, 11) is 2.94. The fourth-order valence-corrected chi connectivity index (χ4v) is 4.82. The summed E-state index contributed by atoms with van der Waals surface area (Å²) in [4.78, 5) is 36.2. The minimum absolute atomic E-state index is 0.130. The second-order valence-electron chi connectivity index (χ2n) is 7.44. The molecule has 3 heterocycles. The van der Waals surface area contributed by atoms with Crippen LogP contribution in [0, 0.1) is 0 Å². The lowest BCUT2D eigenvalue weighted by Gasteiger charge is -2.36. The third-order valence-corrected chi connectivity index (χ3v) is 6.28. The normalized spacial score (nSPS) is 17.2. The molecule has 2 aromatic rings. The van der Waals surface area contributed by atoms with Crippen LogP contribution in [0.5, 0.6) is 5.75 Å². The Morgan fingerprint density at radius 1 is 1.18 bits per heavy atom. The lowest BCUT2D eigenvalue weighted by atomic mass is 9.93. The standard InChI is InChI=1S/C24H24N4O4S/c1-15-21(23(30)32-3)22(18-8-4-5-9-19(18)31-2)28-17(14-33-24(28)27-15)11-20(29)26-13-16-7-6-10-25-12-16/h4-10,12,14,22H,11,13H2,1-3H3,(H,26,29). The number of allylic oxidation sites excluding steroid dienone is 1. The van der Waals surface area contributed by atoms with Crippen LogP contribution in [-0.2, 0) is 20.9 Å². The van der Waals surface area contributed by atoms with E-state index >= 15 is 0 Å². The highest BCUT2D eigenvalue weighted by atomic mass is 32.2. The number of thioether (sulfide) groups is 1. The van der Waals surface area contributed by atoms with Crippen molar-refractivity contribution < 1.29 is 19.1 Å². The Morgan fingerprint density at radius 2 is 2.00 bits per heavy atom. The van der Waals surface area contributed by atoms with Gasteiger partial charge in [-0.1, -0.05) is 36.0 Å². The second kappa shape index (κ2) is 9.91. The van der Waals surface area contributed by atoms with Crippen molar-refractivity contribution in [3.63, 3.8) is 0 Å². The lowest BCUT2D eigenvalue weighted by Crippen LogP contribution is -2.38. The smallest absolute Gasteiger partial charge is 0.338 e. The zero-order valence-electron chi connectivity index (χ0n) is 18.6. The quantitative estimate of drug-likeness (QED) is 0.627. The van der Waals surface area contributed by atoms with Crippen LogP contribution in [0.25, 0.3) is 0 Å². The first kappa shape index (κ1) is 22.6. The molecule has 0 spiro atoms. The Balaban J connectivity index is 1.64. The van der Waals surface area contributed by atoms with E-state index in [0.717, 1.165) is 16.8 Å². The summed E-state index contributed by atoms with van der Waals surface area (Å²) in [6, 6.07) is 10.7. The van der Waals surface area contributed by atoms with Crippen LogP contribution in [0.4, 0.5) is 0 Å². The van der Waals surface area contributed by atoms with Gasteiger partial charge in [0.2, 0.25) is 5.91 Å². The number of aliphatic imine (C=N–C) groups is 1. The van der Waals surface area contributed by atoms with E-state index in [1.807, 2.05) is 46.7 Å². The molecule has 1 unspecified atom stereocenters. The number of fused-ring (bicyclic) bond motifs is 1. The molecular formula is C24H24N4O4S. The Hall–Kier alpha value is -3.59. The molecule has 2 aliphatic heterocycles. The van der Waals surface area contributed by atoms with Crippen molar-refractivity contribution in [2.45, 2.75) is 25.9 Å². The fraction of sp³-hybridized carbons (Fsp3) is 0.250. The number of para-hydroxylation sites is 1. The first-order chi connectivity index (χ1) is 16.0. The van der Waals surface area contributed by atoms with Crippen LogP contribution in [0.2, 0.25) is 0 Å². The number of rotatable bonds is 7. The average Bonchev–Trinajstić information content (AvgIpc) is 3.23.